The predicted molar refractivity (Wildman–Crippen MR) is 197 cm³/mol. The fraction of sp³-hybridized carbons (Fsp3) is 0. The third-order valence-corrected chi connectivity index (χ3v) is 9.18. The Kier molecular flexibility index (Phi) is 7.56. The number of aromatic nitrogens is 6. The molecule has 8 heteroatoms. The number of hydrogen-bond donors (Lipinski definition) is 0. The SMILES string of the molecule is [Pt+2].[c-]1c(Oc2[c-]c3c(cc2)c2ccccc2n3-c2nccn2-c2ccccc2)ccc2c3ccccc3n(-c3ccc(-c4ccncc4)cn3)c12. The molecule has 0 radical (unpaired) electrons. The molecule has 5 heterocycles. The van der Waals surface area contributed by atoms with Gasteiger partial charge in [0.25, 0.3) is 0 Å². The summed E-state index contributed by atoms with van der Waals surface area (Å²) < 4.78 is 12.9. The zero-order valence-corrected chi connectivity index (χ0v) is 29.2. The van der Waals surface area contributed by atoms with Crippen molar-refractivity contribution in [2.75, 3.05) is 0 Å². The molecule has 0 atom stereocenters. The van der Waals surface area contributed by atoms with Crippen LogP contribution in [0.15, 0.2) is 158 Å². The summed E-state index contributed by atoms with van der Waals surface area (Å²) in [7, 11) is 0. The van der Waals surface area contributed by atoms with Gasteiger partial charge in [-0.2, -0.15) is 12.1 Å². The van der Waals surface area contributed by atoms with E-state index in [0.717, 1.165) is 72.2 Å². The molecule has 10 rings (SSSR count). The first-order chi connectivity index (χ1) is 24.8. The van der Waals surface area contributed by atoms with Gasteiger partial charge in [0.15, 0.2) is 0 Å². The van der Waals surface area contributed by atoms with E-state index in [1.165, 1.54) is 0 Å². The van der Waals surface area contributed by atoms with Crippen molar-refractivity contribution in [2.45, 2.75) is 0 Å². The van der Waals surface area contributed by atoms with E-state index in [1.807, 2.05) is 73.2 Å². The molecule has 10 aromatic rings. The van der Waals surface area contributed by atoms with Gasteiger partial charge in [0.2, 0.25) is 5.95 Å². The molecule has 5 aromatic carbocycles. The summed E-state index contributed by atoms with van der Waals surface area (Å²) in [6.45, 7) is 0. The van der Waals surface area contributed by atoms with Crippen LogP contribution in [0.1, 0.15) is 0 Å². The van der Waals surface area contributed by atoms with Crippen molar-refractivity contribution < 1.29 is 25.8 Å². The molecule has 51 heavy (non-hydrogen) atoms. The smallest absolute Gasteiger partial charge is 0.509 e. The Morgan fingerprint density at radius 1 is 0.510 bits per heavy atom. The first-order valence-corrected chi connectivity index (χ1v) is 16.3. The second kappa shape index (κ2) is 12.5. The van der Waals surface area contributed by atoms with Gasteiger partial charge in [-0.3, -0.25) is 9.55 Å². The molecule has 5 aromatic heterocycles. The molecule has 244 valence electrons. The van der Waals surface area contributed by atoms with Crippen LogP contribution in [-0.4, -0.2) is 28.7 Å². The summed E-state index contributed by atoms with van der Waals surface area (Å²) in [6, 6.07) is 50.3. The number of imidazole rings is 1. The molecule has 0 aliphatic heterocycles. The van der Waals surface area contributed by atoms with Gasteiger partial charge >= 0.3 is 21.1 Å². The van der Waals surface area contributed by atoms with Crippen molar-refractivity contribution >= 4 is 43.6 Å². The van der Waals surface area contributed by atoms with E-state index in [2.05, 4.69) is 104 Å². The minimum atomic E-state index is 0. The minimum absolute atomic E-state index is 0. The standard InChI is InChI=1S/C43H26N6O.Pt/c1-2-8-31(9-3-1)47-25-24-45-43(47)49-39-13-7-5-11-35(39)37-18-16-33(27-41(37)49)50-32-15-17-36-34-10-4-6-12-38(34)48(40(36)26-32)42-19-14-30(28-46-42)29-20-22-44-23-21-29;/h1-25,28H;/q-2;+2. The fourth-order valence-corrected chi connectivity index (χ4v) is 6.92. The van der Waals surface area contributed by atoms with Gasteiger partial charge in [-0.25, -0.2) is 9.97 Å². The minimum Gasteiger partial charge on any atom is -0.509 e. The number of pyridine rings is 2. The average Bonchev–Trinajstić information content (AvgIpc) is 3.88. The van der Waals surface area contributed by atoms with Crippen LogP contribution in [0.3, 0.4) is 0 Å². The second-order valence-electron chi connectivity index (χ2n) is 12.1. The van der Waals surface area contributed by atoms with Crippen molar-refractivity contribution in [3.05, 3.63) is 171 Å². The van der Waals surface area contributed by atoms with Crippen LogP contribution in [0.4, 0.5) is 0 Å². The summed E-state index contributed by atoms with van der Waals surface area (Å²) in [6.07, 6.45) is 9.30. The van der Waals surface area contributed by atoms with E-state index in [9.17, 15) is 0 Å². The number of fused-ring (bicyclic) bond motifs is 6. The van der Waals surface area contributed by atoms with E-state index in [0.29, 0.717) is 11.5 Å². The van der Waals surface area contributed by atoms with Crippen LogP contribution in [-0.2, 0) is 21.1 Å². The van der Waals surface area contributed by atoms with E-state index in [1.54, 1.807) is 12.4 Å². The van der Waals surface area contributed by atoms with Crippen molar-refractivity contribution in [1.82, 2.24) is 28.7 Å². The molecule has 0 spiro atoms. The number of benzene rings is 5. The van der Waals surface area contributed by atoms with Gasteiger partial charge in [0, 0.05) is 64.8 Å². The quantitative estimate of drug-likeness (QED) is 0.157. The monoisotopic (exact) mass is 837 g/mol. The zero-order chi connectivity index (χ0) is 33.0. The van der Waals surface area contributed by atoms with Gasteiger partial charge in [-0.05, 0) is 64.9 Å². The Bertz CT molecular complexity index is 2840. The summed E-state index contributed by atoms with van der Waals surface area (Å²) >= 11 is 0. The summed E-state index contributed by atoms with van der Waals surface area (Å²) in [5, 5.41) is 4.38. The maximum Gasteiger partial charge on any atom is 2.00 e. The van der Waals surface area contributed by atoms with Gasteiger partial charge < -0.3 is 13.9 Å². The van der Waals surface area contributed by atoms with Gasteiger partial charge in [0.1, 0.15) is 5.82 Å². The van der Waals surface area contributed by atoms with Crippen LogP contribution in [0.5, 0.6) is 11.5 Å². The molecule has 0 saturated carbocycles. The molecule has 7 nitrogen and oxygen atoms in total. The number of para-hydroxylation sites is 3. The Hall–Kier alpha value is -6.30. The first kappa shape index (κ1) is 30.7. The Balaban J connectivity index is 0.00000348. The molecule has 0 unspecified atom stereocenters. The van der Waals surface area contributed by atoms with Gasteiger partial charge in [0.05, 0.1) is 0 Å². The van der Waals surface area contributed by atoms with Gasteiger partial charge in [-0.15, -0.1) is 35.0 Å². The third kappa shape index (κ3) is 5.13. The molecule has 0 saturated heterocycles. The van der Waals surface area contributed by atoms with Crippen LogP contribution in [0.25, 0.3) is 72.2 Å². The van der Waals surface area contributed by atoms with E-state index < -0.39 is 0 Å². The molecule has 0 fully saturated rings. The van der Waals surface area contributed by atoms with Crippen molar-refractivity contribution in [3.63, 3.8) is 0 Å². The number of ether oxygens (including phenoxy) is 1. The zero-order valence-electron chi connectivity index (χ0n) is 26.9. The molecule has 0 N–H and O–H groups in total. The van der Waals surface area contributed by atoms with Crippen molar-refractivity contribution in [3.8, 4) is 40.1 Å². The molecule has 0 amide bonds. The molecular formula is C43H26N6OPt. The van der Waals surface area contributed by atoms with E-state index in [4.69, 9.17) is 14.7 Å². The predicted octanol–water partition coefficient (Wildman–Crippen LogP) is 9.91. The molecule has 0 aliphatic rings. The van der Waals surface area contributed by atoms with Crippen LogP contribution in [0, 0.1) is 12.1 Å². The first-order valence-electron chi connectivity index (χ1n) is 16.3. The van der Waals surface area contributed by atoms with Crippen LogP contribution in [0.2, 0.25) is 0 Å². The second-order valence-corrected chi connectivity index (χ2v) is 12.1. The summed E-state index contributed by atoms with van der Waals surface area (Å²) in [5.41, 5.74) is 6.97. The van der Waals surface area contributed by atoms with Crippen LogP contribution < -0.4 is 4.74 Å². The molecular weight excluding hydrogens is 812 g/mol. The van der Waals surface area contributed by atoms with E-state index >= 15 is 0 Å². The maximum absolute atomic E-state index is 6.55. The summed E-state index contributed by atoms with van der Waals surface area (Å²) in [5.74, 6) is 2.74. The fourth-order valence-electron chi connectivity index (χ4n) is 6.92. The third-order valence-electron chi connectivity index (χ3n) is 9.18. The molecule has 0 bridgehead atoms. The molecule has 0 aliphatic carbocycles. The number of nitrogens with zero attached hydrogens (tertiary/aromatic N) is 6. The Labute approximate surface area is 307 Å². The van der Waals surface area contributed by atoms with Crippen molar-refractivity contribution in [2.24, 2.45) is 0 Å². The Morgan fingerprint density at radius 2 is 1.14 bits per heavy atom. The number of rotatable bonds is 6. The topological polar surface area (TPSA) is 62.7 Å². The summed E-state index contributed by atoms with van der Waals surface area (Å²) in [4.78, 5) is 13.8. The van der Waals surface area contributed by atoms with Gasteiger partial charge in [-0.1, -0.05) is 65.6 Å². The van der Waals surface area contributed by atoms with Crippen molar-refractivity contribution in [1.29, 1.82) is 0 Å². The normalized spacial score (nSPS) is 11.4. The average molecular weight is 838 g/mol. The van der Waals surface area contributed by atoms with Crippen LogP contribution >= 0.6 is 0 Å². The Morgan fingerprint density at radius 3 is 1.80 bits per heavy atom. The maximum atomic E-state index is 6.55. The van der Waals surface area contributed by atoms with E-state index in [-0.39, 0.29) is 21.1 Å². The largest absolute Gasteiger partial charge is 2.00 e. The number of hydrogen-bond acceptors (Lipinski definition) is 4.